The molecule has 1 unspecified atom stereocenters. The first-order valence-electron chi connectivity index (χ1n) is 10.4. The summed E-state index contributed by atoms with van der Waals surface area (Å²) in [5.74, 6) is 0.904. The van der Waals surface area contributed by atoms with Crippen LogP contribution in [0.25, 0.3) is 0 Å². The number of guanidine groups is 1. The minimum absolute atomic E-state index is 0. The third kappa shape index (κ3) is 8.16. The molecule has 0 radical (unpaired) electrons. The molecular formula is C21H35IN4O2S. The zero-order chi connectivity index (χ0) is 19.6. The van der Waals surface area contributed by atoms with Gasteiger partial charge in [0.2, 0.25) is 0 Å². The molecule has 3 heterocycles. The summed E-state index contributed by atoms with van der Waals surface area (Å²) < 4.78 is 10.9. The predicted octanol–water partition coefficient (Wildman–Crippen LogP) is 3.34. The molecule has 8 heteroatoms. The molecule has 2 aliphatic rings. The van der Waals surface area contributed by atoms with E-state index in [2.05, 4.69) is 47.6 Å². The first-order valence-corrected chi connectivity index (χ1v) is 11.2. The second-order valence-electron chi connectivity index (χ2n) is 7.20. The van der Waals surface area contributed by atoms with Gasteiger partial charge in [-0.1, -0.05) is 11.6 Å². The van der Waals surface area contributed by atoms with Gasteiger partial charge in [-0.3, -0.25) is 9.89 Å². The predicted molar refractivity (Wildman–Crippen MR) is 132 cm³/mol. The van der Waals surface area contributed by atoms with Crippen molar-refractivity contribution < 1.29 is 9.47 Å². The van der Waals surface area contributed by atoms with Crippen molar-refractivity contribution in [2.24, 2.45) is 4.99 Å². The van der Waals surface area contributed by atoms with Crippen LogP contribution in [0.5, 0.6) is 0 Å². The number of hydrogen-bond acceptors (Lipinski definition) is 5. The Balaban J connectivity index is 0.00000300. The summed E-state index contributed by atoms with van der Waals surface area (Å²) in [6.07, 6.45) is 4.31. The molecule has 2 N–H and O–H groups in total. The van der Waals surface area contributed by atoms with Gasteiger partial charge in [-0.05, 0) is 38.8 Å². The van der Waals surface area contributed by atoms with Crippen molar-refractivity contribution in [3.05, 3.63) is 33.5 Å². The molecule has 0 aromatic carbocycles. The molecule has 2 aliphatic heterocycles. The SMILES string of the molecule is CCNC(=NCC(c1ccc(C)s1)N1CCOCC1)NCCC1=CCOCC1.I. The second kappa shape index (κ2) is 13.6. The molecule has 0 amide bonds. The van der Waals surface area contributed by atoms with E-state index in [1.807, 2.05) is 11.3 Å². The zero-order valence-electron chi connectivity index (χ0n) is 17.6. The average Bonchev–Trinajstić information content (AvgIpc) is 3.16. The molecule has 1 aromatic rings. The Morgan fingerprint density at radius 1 is 1.21 bits per heavy atom. The van der Waals surface area contributed by atoms with E-state index in [4.69, 9.17) is 14.5 Å². The summed E-state index contributed by atoms with van der Waals surface area (Å²) in [5.41, 5.74) is 1.48. The minimum Gasteiger partial charge on any atom is -0.379 e. The number of halogens is 1. The summed E-state index contributed by atoms with van der Waals surface area (Å²) >= 11 is 1.88. The van der Waals surface area contributed by atoms with Crippen LogP contribution in [0.3, 0.4) is 0 Å². The van der Waals surface area contributed by atoms with Gasteiger partial charge in [0.25, 0.3) is 0 Å². The minimum atomic E-state index is 0. The van der Waals surface area contributed by atoms with Gasteiger partial charge in [-0.2, -0.15) is 0 Å². The number of rotatable bonds is 8. The van der Waals surface area contributed by atoms with Crippen LogP contribution in [-0.2, 0) is 9.47 Å². The lowest BCUT2D eigenvalue weighted by atomic mass is 10.1. The van der Waals surface area contributed by atoms with Crippen molar-refractivity contribution in [3.63, 3.8) is 0 Å². The maximum atomic E-state index is 5.55. The molecule has 0 bridgehead atoms. The number of morpholine rings is 1. The third-order valence-corrected chi connectivity index (χ3v) is 6.24. The molecule has 1 aromatic heterocycles. The van der Waals surface area contributed by atoms with Crippen molar-refractivity contribution in [3.8, 4) is 0 Å². The smallest absolute Gasteiger partial charge is 0.191 e. The lowest BCUT2D eigenvalue weighted by molar-refractivity contribution is 0.0186. The van der Waals surface area contributed by atoms with Crippen molar-refractivity contribution in [2.45, 2.75) is 32.7 Å². The molecule has 1 fully saturated rings. The number of aliphatic imine (C=N–C) groups is 1. The van der Waals surface area contributed by atoms with Crippen LogP contribution in [0.15, 0.2) is 28.8 Å². The van der Waals surface area contributed by atoms with Gasteiger partial charge < -0.3 is 20.1 Å². The first kappa shape index (κ1) is 24.6. The number of aryl methyl sites for hydroxylation is 1. The molecule has 29 heavy (non-hydrogen) atoms. The van der Waals surface area contributed by atoms with Gasteiger partial charge in [-0.25, -0.2) is 0 Å². The fourth-order valence-corrected chi connectivity index (χ4v) is 4.56. The number of hydrogen-bond donors (Lipinski definition) is 2. The van der Waals surface area contributed by atoms with E-state index >= 15 is 0 Å². The van der Waals surface area contributed by atoms with E-state index in [0.717, 1.165) is 78.0 Å². The van der Waals surface area contributed by atoms with E-state index in [0.29, 0.717) is 6.04 Å². The first-order chi connectivity index (χ1) is 13.8. The lowest BCUT2D eigenvalue weighted by Crippen LogP contribution is -2.41. The molecule has 0 spiro atoms. The standard InChI is InChI=1S/C21H34N4O2S.HI/c1-3-22-21(23-9-6-18-7-12-26-13-8-18)24-16-19(20-5-4-17(2)28-20)25-10-14-27-15-11-25;/h4-5,7,19H,3,6,8-16H2,1-2H3,(H2,22,23,24);1H. The van der Waals surface area contributed by atoms with Crippen molar-refractivity contribution in [2.75, 3.05) is 59.2 Å². The van der Waals surface area contributed by atoms with E-state index in [1.165, 1.54) is 15.3 Å². The van der Waals surface area contributed by atoms with Gasteiger partial charge in [0.1, 0.15) is 0 Å². The molecular weight excluding hydrogens is 499 g/mol. The molecule has 0 aliphatic carbocycles. The molecule has 0 saturated carbocycles. The van der Waals surface area contributed by atoms with Gasteiger partial charge in [0, 0.05) is 35.9 Å². The van der Waals surface area contributed by atoms with Crippen LogP contribution in [0.1, 0.15) is 35.6 Å². The summed E-state index contributed by atoms with van der Waals surface area (Å²) in [6, 6.07) is 4.78. The highest BCUT2D eigenvalue weighted by molar-refractivity contribution is 14.0. The fraction of sp³-hybridized carbons (Fsp3) is 0.667. The topological polar surface area (TPSA) is 58.1 Å². The fourth-order valence-electron chi connectivity index (χ4n) is 3.56. The maximum Gasteiger partial charge on any atom is 0.191 e. The Labute approximate surface area is 196 Å². The Kier molecular flexibility index (Phi) is 11.5. The van der Waals surface area contributed by atoms with Crippen molar-refractivity contribution in [1.29, 1.82) is 0 Å². The van der Waals surface area contributed by atoms with E-state index in [1.54, 1.807) is 0 Å². The van der Waals surface area contributed by atoms with Crippen LogP contribution in [0.4, 0.5) is 0 Å². The monoisotopic (exact) mass is 534 g/mol. The number of nitrogens with one attached hydrogen (secondary N) is 2. The maximum absolute atomic E-state index is 5.55. The number of thiophene rings is 1. The second-order valence-corrected chi connectivity index (χ2v) is 8.52. The number of nitrogens with zero attached hydrogens (tertiary/aromatic N) is 2. The molecule has 6 nitrogen and oxygen atoms in total. The van der Waals surface area contributed by atoms with Gasteiger partial charge >= 0.3 is 0 Å². The number of ether oxygens (including phenoxy) is 2. The lowest BCUT2D eigenvalue weighted by Gasteiger charge is -2.33. The largest absolute Gasteiger partial charge is 0.379 e. The van der Waals surface area contributed by atoms with E-state index < -0.39 is 0 Å². The highest BCUT2D eigenvalue weighted by atomic mass is 127. The van der Waals surface area contributed by atoms with Crippen LogP contribution >= 0.6 is 35.3 Å². The normalized spacial score (nSPS) is 19.2. The summed E-state index contributed by atoms with van der Waals surface area (Å²) in [5, 5.41) is 6.89. The zero-order valence-corrected chi connectivity index (χ0v) is 20.8. The summed E-state index contributed by atoms with van der Waals surface area (Å²) in [7, 11) is 0. The Bertz CT molecular complexity index is 659. The third-order valence-electron chi connectivity index (χ3n) is 5.14. The van der Waals surface area contributed by atoms with E-state index in [-0.39, 0.29) is 24.0 Å². The van der Waals surface area contributed by atoms with Gasteiger partial charge in [0.05, 0.1) is 39.0 Å². The quantitative estimate of drug-likeness (QED) is 0.232. The van der Waals surface area contributed by atoms with E-state index in [9.17, 15) is 0 Å². The summed E-state index contributed by atoms with van der Waals surface area (Å²) in [6.45, 7) is 12.0. The molecule has 1 atom stereocenters. The average molecular weight is 535 g/mol. The Morgan fingerprint density at radius 3 is 2.69 bits per heavy atom. The Morgan fingerprint density at radius 2 is 2.03 bits per heavy atom. The highest BCUT2D eigenvalue weighted by Gasteiger charge is 2.23. The Hall–Kier alpha value is -0.680. The van der Waals surface area contributed by atoms with Crippen molar-refractivity contribution >= 4 is 41.3 Å². The van der Waals surface area contributed by atoms with Gasteiger partial charge in [-0.15, -0.1) is 35.3 Å². The van der Waals surface area contributed by atoms with Crippen LogP contribution in [0.2, 0.25) is 0 Å². The van der Waals surface area contributed by atoms with Crippen LogP contribution in [0, 0.1) is 6.92 Å². The van der Waals surface area contributed by atoms with Gasteiger partial charge in [0.15, 0.2) is 5.96 Å². The molecule has 3 rings (SSSR count). The van der Waals surface area contributed by atoms with Crippen LogP contribution < -0.4 is 10.6 Å². The highest BCUT2D eigenvalue weighted by Crippen LogP contribution is 2.28. The molecule has 164 valence electrons. The molecule has 1 saturated heterocycles. The van der Waals surface area contributed by atoms with Crippen molar-refractivity contribution in [1.82, 2.24) is 15.5 Å². The summed E-state index contributed by atoms with van der Waals surface area (Å²) in [4.78, 5) is 10.2. The van der Waals surface area contributed by atoms with Crippen LogP contribution in [-0.4, -0.2) is 70.0 Å².